The Labute approximate surface area is 121 Å². The van der Waals surface area contributed by atoms with E-state index in [4.69, 9.17) is 10.00 Å². The molecule has 6 heteroatoms. The van der Waals surface area contributed by atoms with E-state index in [9.17, 15) is 0 Å². The number of nitrogens with one attached hydrogen (secondary N) is 1. The third-order valence-corrected chi connectivity index (χ3v) is 4.23. The number of nitriles is 1. The zero-order valence-electron chi connectivity index (χ0n) is 11.1. The summed E-state index contributed by atoms with van der Waals surface area (Å²) in [6.07, 6.45) is 6.40. The maximum absolute atomic E-state index is 8.79. The van der Waals surface area contributed by atoms with Crippen molar-refractivity contribution in [2.24, 2.45) is 0 Å². The molecular formula is C14H16N4OS. The Morgan fingerprint density at radius 1 is 1.60 bits per heavy atom. The fraction of sp³-hybridized carbons (Fsp3) is 0.429. The number of ether oxygens (including phenoxy) is 1. The quantitative estimate of drug-likeness (QED) is 0.918. The van der Waals surface area contributed by atoms with Crippen LogP contribution in [0.15, 0.2) is 23.8 Å². The van der Waals surface area contributed by atoms with Gasteiger partial charge in [-0.15, -0.1) is 11.3 Å². The molecule has 0 spiro atoms. The van der Waals surface area contributed by atoms with E-state index in [1.54, 1.807) is 11.3 Å². The highest BCUT2D eigenvalue weighted by molar-refractivity contribution is 7.10. The predicted octanol–water partition coefficient (Wildman–Crippen LogP) is 2.61. The van der Waals surface area contributed by atoms with E-state index in [1.165, 1.54) is 0 Å². The third-order valence-electron chi connectivity index (χ3n) is 3.30. The van der Waals surface area contributed by atoms with Gasteiger partial charge in [0, 0.05) is 29.6 Å². The summed E-state index contributed by atoms with van der Waals surface area (Å²) in [6, 6.07) is 4.05. The maximum atomic E-state index is 8.79. The van der Waals surface area contributed by atoms with E-state index in [0.29, 0.717) is 6.10 Å². The molecule has 1 unspecified atom stereocenters. The van der Waals surface area contributed by atoms with Crippen LogP contribution in [0.2, 0.25) is 0 Å². The van der Waals surface area contributed by atoms with E-state index in [-0.39, 0.29) is 0 Å². The molecule has 5 nitrogen and oxygen atoms in total. The molecule has 0 amide bonds. The summed E-state index contributed by atoms with van der Waals surface area (Å²) in [5.41, 5.74) is 1.72. The second kappa shape index (κ2) is 6.07. The summed E-state index contributed by atoms with van der Waals surface area (Å²) in [4.78, 5) is 1.15. The van der Waals surface area contributed by atoms with Gasteiger partial charge in [0.1, 0.15) is 6.07 Å². The van der Waals surface area contributed by atoms with Crippen LogP contribution in [0.5, 0.6) is 0 Å². The number of nitrogens with zero attached hydrogens (tertiary/aromatic N) is 3. The Bertz CT molecular complexity index is 607. The summed E-state index contributed by atoms with van der Waals surface area (Å²) >= 11 is 1.59. The molecule has 2 aromatic rings. The maximum Gasteiger partial charge on any atom is 0.100 e. The van der Waals surface area contributed by atoms with Crippen molar-refractivity contribution in [1.82, 2.24) is 9.78 Å². The van der Waals surface area contributed by atoms with Crippen LogP contribution >= 0.6 is 11.3 Å². The monoisotopic (exact) mass is 288 g/mol. The van der Waals surface area contributed by atoms with Gasteiger partial charge >= 0.3 is 0 Å². The molecule has 1 N–H and O–H groups in total. The highest BCUT2D eigenvalue weighted by atomic mass is 32.1. The van der Waals surface area contributed by atoms with Crippen molar-refractivity contribution in [3.05, 3.63) is 34.3 Å². The first-order valence-electron chi connectivity index (χ1n) is 6.69. The van der Waals surface area contributed by atoms with Crippen molar-refractivity contribution in [2.45, 2.75) is 32.0 Å². The lowest BCUT2D eigenvalue weighted by Gasteiger charge is -2.08. The summed E-state index contributed by atoms with van der Waals surface area (Å²) in [7, 11) is 0. The van der Waals surface area contributed by atoms with Crippen LogP contribution in [0, 0.1) is 11.3 Å². The SMILES string of the molecule is N#Cc1csc(CNc2cnn(CC3CCCO3)c2)c1. The number of aromatic nitrogens is 2. The molecule has 0 bridgehead atoms. The van der Waals surface area contributed by atoms with Gasteiger partial charge in [-0.3, -0.25) is 4.68 Å². The van der Waals surface area contributed by atoms with Gasteiger partial charge in [-0.05, 0) is 18.9 Å². The fourth-order valence-electron chi connectivity index (χ4n) is 2.27. The molecule has 0 saturated carbocycles. The lowest BCUT2D eigenvalue weighted by molar-refractivity contribution is 0.0940. The first-order valence-corrected chi connectivity index (χ1v) is 7.57. The summed E-state index contributed by atoms with van der Waals surface area (Å²) in [5.74, 6) is 0. The highest BCUT2D eigenvalue weighted by Gasteiger charge is 2.16. The van der Waals surface area contributed by atoms with Gasteiger partial charge < -0.3 is 10.1 Å². The first kappa shape index (κ1) is 13.2. The number of hydrogen-bond donors (Lipinski definition) is 1. The highest BCUT2D eigenvalue weighted by Crippen LogP contribution is 2.17. The summed E-state index contributed by atoms with van der Waals surface area (Å²) in [6.45, 7) is 2.41. The Kier molecular flexibility index (Phi) is 4.00. The van der Waals surface area contributed by atoms with Crippen molar-refractivity contribution in [1.29, 1.82) is 5.26 Å². The summed E-state index contributed by atoms with van der Waals surface area (Å²) < 4.78 is 7.52. The van der Waals surface area contributed by atoms with Crippen molar-refractivity contribution in [3.63, 3.8) is 0 Å². The zero-order chi connectivity index (χ0) is 13.8. The van der Waals surface area contributed by atoms with Crippen LogP contribution < -0.4 is 5.32 Å². The minimum absolute atomic E-state index is 0.304. The normalized spacial score (nSPS) is 18.1. The van der Waals surface area contributed by atoms with E-state index < -0.39 is 0 Å². The average Bonchev–Trinajstić information content (AvgIpc) is 3.18. The number of rotatable bonds is 5. The van der Waals surface area contributed by atoms with Crippen molar-refractivity contribution in [2.75, 3.05) is 11.9 Å². The van der Waals surface area contributed by atoms with Gasteiger partial charge in [-0.1, -0.05) is 0 Å². The molecular weight excluding hydrogens is 272 g/mol. The second-order valence-corrected chi connectivity index (χ2v) is 5.85. The van der Waals surface area contributed by atoms with Gasteiger partial charge in [0.25, 0.3) is 0 Å². The molecule has 3 rings (SSSR count). The van der Waals surface area contributed by atoms with Crippen LogP contribution in [-0.2, 0) is 17.8 Å². The van der Waals surface area contributed by atoms with Crippen LogP contribution in [0.25, 0.3) is 0 Å². The van der Waals surface area contributed by atoms with Crippen LogP contribution in [0.1, 0.15) is 23.3 Å². The Hall–Kier alpha value is -1.84. The topological polar surface area (TPSA) is 62.9 Å². The van der Waals surface area contributed by atoms with Crippen molar-refractivity contribution < 1.29 is 4.74 Å². The molecule has 1 fully saturated rings. The number of hydrogen-bond acceptors (Lipinski definition) is 5. The number of thiophene rings is 1. The molecule has 104 valence electrons. The molecule has 1 saturated heterocycles. The lowest BCUT2D eigenvalue weighted by Crippen LogP contribution is -2.15. The molecule has 20 heavy (non-hydrogen) atoms. The first-order chi connectivity index (χ1) is 9.83. The summed E-state index contributed by atoms with van der Waals surface area (Å²) in [5, 5.41) is 18.3. The third kappa shape index (κ3) is 3.18. The van der Waals surface area contributed by atoms with Gasteiger partial charge in [0.15, 0.2) is 0 Å². The molecule has 1 aliphatic heterocycles. The largest absolute Gasteiger partial charge is 0.378 e. The number of anilines is 1. The second-order valence-electron chi connectivity index (χ2n) is 4.85. The molecule has 0 aliphatic carbocycles. The Morgan fingerprint density at radius 3 is 3.30 bits per heavy atom. The van der Waals surface area contributed by atoms with Gasteiger partial charge in [0.2, 0.25) is 0 Å². The van der Waals surface area contributed by atoms with Gasteiger partial charge in [0.05, 0.1) is 30.1 Å². The molecule has 3 heterocycles. The molecule has 2 aromatic heterocycles. The smallest absolute Gasteiger partial charge is 0.100 e. The zero-order valence-corrected chi connectivity index (χ0v) is 11.9. The van der Waals surface area contributed by atoms with Crippen LogP contribution in [-0.4, -0.2) is 22.5 Å². The standard InChI is InChI=1S/C14H16N4OS/c15-5-11-4-14(20-10-11)7-16-12-6-17-18(8-12)9-13-2-1-3-19-13/h4,6,8,10,13,16H,1-3,7,9H2. The van der Waals surface area contributed by atoms with Crippen LogP contribution in [0.4, 0.5) is 5.69 Å². The molecule has 1 aliphatic rings. The van der Waals surface area contributed by atoms with E-state index in [1.807, 2.05) is 28.5 Å². The fourth-order valence-corrected chi connectivity index (χ4v) is 3.02. The van der Waals surface area contributed by atoms with E-state index in [0.717, 1.165) is 48.7 Å². The lowest BCUT2D eigenvalue weighted by atomic mass is 10.2. The molecule has 0 aromatic carbocycles. The van der Waals surface area contributed by atoms with Gasteiger partial charge in [-0.25, -0.2) is 0 Å². The Morgan fingerprint density at radius 2 is 2.55 bits per heavy atom. The van der Waals surface area contributed by atoms with Crippen molar-refractivity contribution in [3.8, 4) is 6.07 Å². The average molecular weight is 288 g/mol. The van der Waals surface area contributed by atoms with Crippen LogP contribution in [0.3, 0.4) is 0 Å². The predicted molar refractivity (Wildman–Crippen MR) is 77.6 cm³/mol. The Balaban J connectivity index is 1.53. The minimum atomic E-state index is 0.304. The minimum Gasteiger partial charge on any atom is -0.378 e. The van der Waals surface area contributed by atoms with Gasteiger partial charge in [-0.2, -0.15) is 10.4 Å². The van der Waals surface area contributed by atoms with Crippen molar-refractivity contribution >= 4 is 17.0 Å². The van der Waals surface area contributed by atoms with E-state index in [2.05, 4.69) is 16.5 Å². The van der Waals surface area contributed by atoms with E-state index >= 15 is 0 Å². The molecule has 1 atom stereocenters. The molecule has 0 radical (unpaired) electrons.